The predicted octanol–water partition coefficient (Wildman–Crippen LogP) is 2.44. The van der Waals surface area contributed by atoms with Crippen molar-refractivity contribution in [1.82, 2.24) is 10.6 Å². The Morgan fingerprint density at radius 1 is 0.963 bits per heavy atom. The number of carbonyl (C=O) groups excluding carboxylic acids is 3. The van der Waals surface area contributed by atoms with E-state index in [1.165, 1.54) is 7.11 Å². The topological polar surface area (TPSA) is 93.7 Å². The largest absolute Gasteiger partial charge is 0.494 e. The fourth-order valence-electron chi connectivity index (χ4n) is 2.26. The number of hydrogen-bond acceptors (Lipinski definition) is 5. The van der Waals surface area contributed by atoms with Gasteiger partial charge in [-0.3, -0.25) is 14.4 Å². The Hall–Kier alpha value is -2.57. The van der Waals surface area contributed by atoms with Crippen molar-refractivity contribution >= 4 is 17.8 Å². The molecule has 0 saturated heterocycles. The number of ether oxygens (including phenoxy) is 2. The van der Waals surface area contributed by atoms with Gasteiger partial charge >= 0.3 is 5.97 Å². The van der Waals surface area contributed by atoms with Crippen LogP contribution in [0.2, 0.25) is 0 Å². The number of amides is 2. The number of unbranched alkanes of at least 4 members (excludes halogenated alkanes) is 3. The van der Waals surface area contributed by atoms with Gasteiger partial charge in [-0.15, -0.1) is 0 Å². The van der Waals surface area contributed by atoms with Crippen molar-refractivity contribution in [2.45, 2.75) is 45.4 Å². The second-order valence-corrected chi connectivity index (χ2v) is 6.15. The van der Waals surface area contributed by atoms with Crippen LogP contribution < -0.4 is 15.4 Å². The van der Waals surface area contributed by atoms with Crippen molar-refractivity contribution in [3.8, 4) is 5.75 Å². The predicted molar refractivity (Wildman–Crippen MR) is 103 cm³/mol. The number of methoxy groups -OCH3 is 1. The van der Waals surface area contributed by atoms with Crippen LogP contribution in [0.5, 0.6) is 5.75 Å². The average Bonchev–Trinajstić information content (AvgIpc) is 2.69. The Labute approximate surface area is 160 Å². The van der Waals surface area contributed by atoms with E-state index in [0.29, 0.717) is 25.1 Å². The van der Waals surface area contributed by atoms with Gasteiger partial charge in [0.05, 0.1) is 20.3 Å². The smallest absolute Gasteiger partial charge is 0.305 e. The molecule has 0 aromatic heterocycles. The van der Waals surface area contributed by atoms with Crippen LogP contribution in [0.3, 0.4) is 0 Å². The quantitative estimate of drug-likeness (QED) is 0.406. The molecule has 150 valence electrons. The lowest BCUT2D eigenvalue weighted by atomic mass is 10.2. The molecule has 2 amide bonds. The summed E-state index contributed by atoms with van der Waals surface area (Å²) in [6.45, 7) is 3.19. The molecule has 0 aliphatic rings. The number of rotatable bonds is 13. The van der Waals surface area contributed by atoms with Crippen LogP contribution >= 0.6 is 0 Å². The highest BCUT2D eigenvalue weighted by Gasteiger charge is 2.08. The molecule has 0 atom stereocenters. The molecule has 0 bridgehead atoms. The highest BCUT2D eigenvalue weighted by molar-refractivity contribution is 5.96. The molecular weight excluding hydrogens is 348 g/mol. The van der Waals surface area contributed by atoms with Crippen molar-refractivity contribution in [3.63, 3.8) is 0 Å². The molecular formula is C20H30N2O5. The van der Waals surface area contributed by atoms with Gasteiger partial charge in [0.2, 0.25) is 5.91 Å². The molecule has 7 nitrogen and oxygen atoms in total. The number of benzene rings is 1. The van der Waals surface area contributed by atoms with Gasteiger partial charge in [-0.2, -0.15) is 0 Å². The lowest BCUT2D eigenvalue weighted by Gasteiger charge is -2.08. The average molecular weight is 378 g/mol. The maximum absolute atomic E-state index is 12.1. The molecule has 1 aromatic carbocycles. The zero-order valence-corrected chi connectivity index (χ0v) is 16.2. The van der Waals surface area contributed by atoms with Gasteiger partial charge in [-0.25, -0.2) is 0 Å². The third-order valence-corrected chi connectivity index (χ3v) is 3.90. The van der Waals surface area contributed by atoms with Gasteiger partial charge in [0.1, 0.15) is 5.75 Å². The van der Waals surface area contributed by atoms with E-state index in [4.69, 9.17) is 4.74 Å². The minimum atomic E-state index is -0.302. The molecule has 0 saturated carbocycles. The molecule has 0 heterocycles. The van der Waals surface area contributed by atoms with Crippen molar-refractivity contribution in [2.24, 2.45) is 0 Å². The highest BCUT2D eigenvalue weighted by Crippen LogP contribution is 2.12. The molecule has 1 rings (SSSR count). The van der Waals surface area contributed by atoms with Crippen molar-refractivity contribution < 1.29 is 23.9 Å². The second kappa shape index (κ2) is 13.6. The third kappa shape index (κ3) is 10.2. The molecule has 7 heteroatoms. The minimum absolute atomic E-state index is 0.0737. The standard InChI is InChI=1S/C20H30N2O5/c1-3-4-14-27-17-11-9-16(10-12-17)20(25)22-15-18(23)21-13-7-5-6-8-19(24)26-2/h9-12H,3-8,13-15H2,1-2H3,(H,21,23)(H,22,25). The van der Waals surface area contributed by atoms with Gasteiger partial charge < -0.3 is 20.1 Å². The monoisotopic (exact) mass is 378 g/mol. The first-order valence-corrected chi connectivity index (χ1v) is 9.41. The van der Waals surface area contributed by atoms with Gasteiger partial charge in [0.15, 0.2) is 0 Å². The molecule has 0 spiro atoms. The van der Waals surface area contributed by atoms with Crippen LogP contribution in [0.25, 0.3) is 0 Å². The van der Waals surface area contributed by atoms with Crippen LogP contribution in [0.4, 0.5) is 0 Å². The van der Waals surface area contributed by atoms with E-state index in [0.717, 1.165) is 37.9 Å². The summed E-state index contributed by atoms with van der Waals surface area (Å²) in [4.78, 5) is 34.8. The summed E-state index contributed by atoms with van der Waals surface area (Å²) < 4.78 is 10.1. The summed E-state index contributed by atoms with van der Waals surface area (Å²) in [6.07, 6.45) is 4.78. The molecule has 0 unspecified atom stereocenters. The zero-order valence-electron chi connectivity index (χ0n) is 16.2. The minimum Gasteiger partial charge on any atom is -0.494 e. The fourth-order valence-corrected chi connectivity index (χ4v) is 2.26. The molecule has 0 aliphatic carbocycles. The first-order valence-electron chi connectivity index (χ1n) is 9.41. The van der Waals surface area contributed by atoms with Crippen LogP contribution in [0.15, 0.2) is 24.3 Å². The lowest BCUT2D eigenvalue weighted by molar-refractivity contribution is -0.140. The van der Waals surface area contributed by atoms with Gasteiger partial charge in [-0.05, 0) is 43.5 Å². The Morgan fingerprint density at radius 3 is 2.37 bits per heavy atom. The maximum atomic E-state index is 12.1. The summed E-state index contributed by atoms with van der Waals surface area (Å²) in [6, 6.07) is 6.85. The van der Waals surface area contributed by atoms with Gasteiger partial charge in [0, 0.05) is 18.5 Å². The maximum Gasteiger partial charge on any atom is 0.305 e. The number of esters is 1. The van der Waals surface area contributed by atoms with E-state index in [1.807, 2.05) is 0 Å². The number of hydrogen-bond donors (Lipinski definition) is 2. The zero-order chi connectivity index (χ0) is 19.9. The molecule has 27 heavy (non-hydrogen) atoms. The first kappa shape index (κ1) is 22.5. The van der Waals surface area contributed by atoms with E-state index >= 15 is 0 Å². The van der Waals surface area contributed by atoms with Crippen LogP contribution in [-0.4, -0.2) is 44.6 Å². The molecule has 0 aliphatic heterocycles. The lowest BCUT2D eigenvalue weighted by Crippen LogP contribution is -2.37. The summed E-state index contributed by atoms with van der Waals surface area (Å²) in [5.41, 5.74) is 0.480. The summed E-state index contributed by atoms with van der Waals surface area (Å²) in [5, 5.41) is 5.33. The second-order valence-electron chi connectivity index (χ2n) is 6.15. The van der Waals surface area contributed by atoms with E-state index < -0.39 is 0 Å². The molecule has 0 radical (unpaired) electrons. The Balaban J connectivity index is 2.17. The highest BCUT2D eigenvalue weighted by atomic mass is 16.5. The van der Waals surface area contributed by atoms with E-state index in [1.54, 1.807) is 24.3 Å². The Morgan fingerprint density at radius 2 is 1.70 bits per heavy atom. The van der Waals surface area contributed by atoms with E-state index in [9.17, 15) is 14.4 Å². The summed E-state index contributed by atoms with van der Waals surface area (Å²) >= 11 is 0. The van der Waals surface area contributed by atoms with E-state index in [-0.39, 0.29) is 24.3 Å². The van der Waals surface area contributed by atoms with Crippen LogP contribution in [0, 0.1) is 0 Å². The molecule has 0 fully saturated rings. The first-order chi connectivity index (χ1) is 13.1. The van der Waals surface area contributed by atoms with E-state index in [2.05, 4.69) is 22.3 Å². The molecule has 1 aromatic rings. The van der Waals surface area contributed by atoms with Crippen molar-refractivity contribution in [2.75, 3.05) is 26.8 Å². The van der Waals surface area contributed by atoms with Crippen molar-refractivity contribution in [3.05, 3.63) is 29.8 Å². The third-order valence-electron chi connectivity index (χ3n) is 3.90. The fraction of sp³-hybridized carbons (Fsp3) is 0.550. The van der Waals surface area contributed by atoms with Gasteiger partial charge in [0.25, 0.3) is 5.91 Å². The van der Waals surface area contributed by atoms with Gasteiger partial charge in [-0.1, -0.05) is 19.8 Å². The van der Waals surface area contributed by atoms with Crippen molar-refractivity contribution in [1.29, 1.82) is 0 Å². The normalized spacial score (nSPS) is 10.1. The Kier molecular flexibility index (Phi) is 11.3. The number of carbonyl (C=O) groups is 3. The summed E-state index contributed by atoms with van der Waals surface area (Å²) in [5.74, 6) is -0.0357. The van der Waals surface area contributed by atoms with Crippen LogP contribution in [-0.2, 0) is 14.3 Å². The SMILES string of the molecule is CCCCOc1ccc(C(=O)NCC(=O)NCCCCCC(=O)OC)cc1. The summed E-state index contributed by atoms with van der Waals surface area (Å²) in [7, 11) is 1.37. The molecule has 2 N–H and O–H groups in total. The number of nitrogens with one attached hydrogen (secondary N) is 2. The Bertz CT molecular complexity index is 587. The van der Waals surface area contributed by atoms with Crippen LogP contribution in [0.1, 0.15) is 55.8 Å².